The number of rotatable bonds is 2. The molecule has 1 aromatic carbocycles. The number of aromatic amines is 1. The van der Waals surface area contributed by atoms with Crippen LogP contribution in [0.1, 0.15) is 0 Å². The summed E-state index contributed by atoms with van der Waals surface area (Å²) in [4.78, 5) is 14.9. The third kappa shape index (κ3) is 2.12. The number of nitrogens with two attached hydrogens (primary N) is 1. The Morgan fingerprint density at radius 2 is 2.05 bits per heavy atom. The van der Waals surface area contributed by atoms with Gasteiger partial charge in [0.25, 0.3) is 0 Å². The first-order valence-corrected chi connectivity index (χ1v) is 5.83. The van der Waals surface area contributed by atoms with E-state index in [1.807, 2.05) is 6.07 Å². The highest BCUT2D eigenvalue weighted by Crippen LogP contribution is 2.24. The highest BCUT2D eigenvalue weighted by molar-refractivity contribution is 5.90. The Bertz CT molecular complexity index is 779. The van der Waals surface area contributed by atoms with Crippen molar-refractivity contribution < 1.29 is 9.90 Å². The first-order valence-electron chi connectivity index (χ1n) is 5.83. The smallest absolute Gasteiger partial charge is 0.409 e. The molecule has 2 aromatic heterocycles. The minimum atomic E-state index is -1.09. The second-order valence-electron chi connectivity index (χ2n) is 4.23. The number of nitrogens with zero attached hydrogens (tertiary/aromatic N) is 2. The van der Waals surface area contributed by atoms with Crippen molar-refractivity contribution in [1.82, 2.24) is 15.2 Å². The van der Waals surface area contributed by atoms with E-state index >= 15 is 0 Å². The predicted octanol–water partition coefficient (Wildman–Crippen LogP) is 2.30. The fourth-order valence-electron chi connectivity index (χ4n) is 1.94. The molecule has 0 saturated heterocycles. The number of nitrogen functional groups attached to an aromatic ring is 1. The van der Waals surface area contributed by atoms with Crippen molar-refractivity contribution in [3.63, 3.8) is 0 Å². The molecule has 2 heterocycles. The number of hydrogen-bond donors (Lipinski definition) is 4. The molecule has 0 spiro atoms. The number of H-pyrrole nitrogens is 1. The van der Waals surface area contributed by atoms with Gasteiger partial charge in [-0.25, -0.2) is 4.79 Å². The van der Waals surface area contributed by atoms with Crippen molar-refractivity contribution in [2.75, 3.05) is 11.1 Å². The fourth-order valence-corrected chi connectivity index (χ4v) is 1.94. The van der Waals surface area contributed by atoms with Crippen LogP contribution < -0.4 is 11.1 Å². The molecule has 20 heavy (non-hydrogen) atoms. The van der Waals surface area contributed by atoms with Crippen molar-refractivity contribution in [1.29, 1.82) is 0 Å². The van der Waals surface area contributed by atoms with E-state index in [9.17, 15) is 4.79 Å². The van der Waals surface area contributed by atoms with Crippen molar-refractivity contribution in [2.24, 2.45) is 0 Å². The van der Waals surface area contributed by atoms with Gasteiger partial charge in [-0.3, -0.25) is 15.4 Å². The molecule has 3 rings (SSSR count). The Morgan fingerprint density at radius 1 is 1.30 bits per heavy atom. The fraction of sp³-hybridized carbons (Fsp3) is 0. The number of pyridine rings is 1. The summed E-state index contributed by atoms with van der Waals surface area (Å²) in [5, 5.41) is 18.4. The van der Waals surface area contributed by atoms with Crippen molar-refractivity contribution >= 4 is 28.5 Å². The van der Waals surface area contributed by atoms with Crippen LogP contribution in [0.2, 0.25) is 0 Å². The number of anilines is 2. The zero-order valence-corrected chi connectivity index (χ0v) is 10.3. The zero-order chi connectivity index (χ0) is 14.1. The van der Waals surface area contributed by atoms with Crippen LogP contribution in [0.25, 0.3) is 22.2 Å². The van der Waals surface area contributed by atoms with Gasteiger partial charge >= 0.3 is 6.09 Å². The van der Waals surface area contributed by atoms with Gasteiger partial charge in [-0.2, -0.15) is 5.10 Å². The van der Waals surface area contributed by atoms with Crippen LogP contribution in [0.4, 0.5) is 16.3 Å². The van der Waals surface area contributed by atoms with Gasteiger partial charge in [0.1, 0.15) is 0 Å². The van der Waals surface area contributed by atoms with Gasteiger partial charge in [0.2, 0.25) is 0 Å². The molecule has 0 atom stereocenters. The van der Waals surface area contributed by atoms with Crippen LogP contribution in [-0.4, -0.2) is 26.4 Å². The van der Waals surface area contributed by atoms with Crippen LogP contribution in [0.15, 0.2) is 36.5 Å². The molecule has 7 nitrogen and oxygen atoms in total. The monoisotopic (exact) mass is 269 g/mol. The molecule has 0 aliphatic rings. The highest BCUT2D eigenvalue weighted by Gasteiger charge is 2.06. The summed E-state index contributed by atoms with van der Waals surface area (Å²) in [6.07, 6.45) is 0.567. The number of nitrogens with one attached hydrogen (secondary N) is 2. The van der Waals surface area contributed by atoms with Crippen molar-refractivity contribution in [2.45, 2.75) is 0 Å². The highest BCUT2D eigenvalue weighted by atomic mass is 16.4. The molecule has 100 valence electrons. The van der Waals surface area contributed by atoms with Gasteiger partial charge in [-0.05, 0) is 18.2 Å². The Kier molecular flexibility index (Phi) is 2.72. The Morgan fingerprint density at radius 3 is 2.75 bits per heavy atom. The average molecular weight is 269 g/mol. The molecular weight excluding hydrogens is 258 g/mol. The Hall–Kier alpha value is -3.09. The van der Waals surface area contributed by atoms with Crippen molar-refractivity contribution in [3.8, 4) is 11.3 Å². The number of fused-ring (bicyclic) bond motifs is 1. The lowest BCUT2D eigenvalue weighted by atomic mass is 10.1. The molecule has 0 fully saturated rings. The van der Waals surface area contributed by atoms with E-state index in [1.54, 1.807) is 30.5 Å². The average Bonchev–Trinajstić information content (AvgIpc) is 2.80. The summed E-state index contributed by atoms with van der Waals surface area (Å²) < 4.78 is 0. The van der Waals surface area contributed by atoms with Gasteiger partial charge in [0, 0.05) is 17.4 Å². The third-order valence-corrected chi connectivity index (χ3v) is 2.91. The van der Waals surface area contributed by atoms with Gasteiger partial charge in [-0.1, -0.05) is 12.1 Å². The molecule has 0 radical (unpaired) electrons. The van der Waals surface area contributed by atoms with Crippen LogP contribution in [-0.2, 0) is 0 Å². The lowest BCUT2D eigenvalue weighted by molar-refractivity contribution is 0.210. The summed E-state index contributed by atoms with van der Waals surface area (Å²) in [5.74, 6) is 0.417. The molecule has 0 bridgehead atoms. The quantitative estimate of drug-likeness (QED) is 0.569. The largest absolute Gasteiger partial charge is 0.465 e. The SMILES string of the molecule is Nc1n[nH]c2cc(-c3ccc(NC(=O)O)cc3)ncc12. The maximum absolute atomic E-state index is 10.5. The standard InChI is InChI=1S/C13H11N5O2/c14-12-9-6-15-10(5-11(9)17-18-12)7-1-3-8(4-2-7)16-13(19)20/h1-6,16H,(H,19,20)(H3,14,17,18). The third-order valence-electron chi connectivity index (χ3n) is 2.91. The van der Waals surface area contributed by atoms with E-state index in [-0.39, 0.29) is 0 Å². The Labute approximate surface area is 113 Å². The van der Waals surface area contributed by atoms with Crippen LogP contribution >= 0.6 is 0 Å². The first kappa shape index (κ1) is 12.0. The van der Waals surface area contributed by atoms with Crippen LogP contribution in [0.5, 0.6) is 0 Å². The van der Waals surface area contributed by atoms with Gasteiger partial charge < -0.3 is 10.8 Å². The summed E-state index contributed by atoms with van der Waals surface area (Å²) >= 11 is 0. The molecule has 5 N–H and O–H groups in total. The number of aromatic nitrogens is 3. The molecule has 0 aliphatic heterocycles. The van der Waals surface area contributed by atoms with Gasteiger partial charge in [-0.15, -0.1) is 0 Å². The second kappa shape index (κ2) is 4.54. The van der Waals surface area contributed by atoms with E-state index in [0.29, 0.717) is 11.5 Å². The van der Waals surface area contributed by atoms with Crippen molar-refractivity contribution in [3.05, 3.63) is 36.5 Å². The van der Waals surface area contributed by atoms with E-state index in [4.69, 9.17) is 10.8 Å². The number of carboxylic acid groups (broad SMARTS) is 1. The lowest BCUT2D eigenvalue weighted by Crippen LogP contribution is -2.06. The van der Waals surface area contributed by atoms with E-state index in [0.717, 1.165) is 22.2 Å². The maximum atomic E-state index is 10.5. The normalized spacial score (nSPS) is 10.6. The van der Waals surface area contributed by atoms with E-state index in [1.165, 1.54) is 0 Å². The number of carbonyl (C=O) groups is 1. The molecule has 3 aromatic rings. The second-order valence-corrected chi connectivity index (χ2v) is 4.23. The minimum absolute atomic E-state index is 0.417. The number of amides is 1. The van der Waals surface area contributed by atoms with Gasteiger partial charge in [0.15, 0.2) is 5.82 Å². The van der Waals surface area contributed by atoms with Gasteiger partial charge in [0.05, 0.1) is 16.6 Å². The first-order chi connectivity index (χ1) is 9.63. The molecule has 0 aliphatic carbocycles. The lowest BCUT2D eigenvalue weighted by Gasteiger charge is -2.03. The summed E-state index contributed by atoms with van der Waals surface area (Å²) in [7, 11) is 0. The molecule has 1 amide bonds. The van der Waals surface area contributed by atoms with Crippen LogP contribution in [0.3, 0.4) is 0 Å². The summed E-state index contributed by atoms with van der Waals surface area (Å²) in [6.45, 7) is 0. The minimum Gasteiger partial charge on any atom is -0.465 e. The Balaban J connectivity index is 1.95. The van der Waals surface area contributed by atoms with E-state index in [2.05, 4.69) is 20.5 Å². The summed E-state index contributed by atoms with van der Waals surface area (Å²) in [5.41, 5.74) is 8.62. The molecule has 0 unspecified atom stereocenters. The predicted molar refractivity (Wildman–Crippen MR) is 75.4 cm³/mol. The molecular formula is C13H11N5O2. The maximum Gasteiger partial charge on any atom is 0.409 e. The molecule has 7 heteroatoms. The number of hydrogen-bond acceptors (Lipinski definition) is 4. The zero-order valence-electron chi connectivity index (χ0n) is 10.3. The van der Waals surface area contributed by atoms with E-state index < -0.39 is 6.09 Å². The summed E-state index contributed by atoms with van der Waals surface area (Å²) in [6, 6.07) is 8.78. The topological polar surface area (TPSA) is 117 Å². The number of benzene rings is 1. The van der Waals surface area contributed by atoms with Crippen LogP contribution in [0, 0.1) is 0 Å². The molecule has 0 saturated carbocycles.